The Kier molecular flexibility index (Phi) is 10.7. The van der Waals surface area contributed by atoms with Gasteiger partial charge in [-0.25, -0.2) is 0 Å². The molecule has 1 heterocycles. The Hall–Kier alpha value is -2.14. The van der Waals surface area contributed by atoms with Crippen LogP contribution >= 0.6 is 0 Å². The third-order valence-electron chi connectivity index (χ3n) is 9.49. The second-order valence-electron chi connectivity index (χ2n) is 12.2. The quantitative estimate of drug-likeness (QED) is 0.175. The highest BCUT2D eigenvalue weighted by Gasteiger charge is 2.53. The van der Waals surface area contributed by atoms with E-state index in [-0.39, 0.29) is 0 Å². The molecule has 6 atom stereocenters. The summed E-state index contributed by atoms with van der Waals surface area (Å²) in [6.07, 6.45) is 26.7. The summed E-state index contributed by atoms with van der Waals surface area (Å²) in [6.45, 7) is 7.09. The lowest BCUT2D eigenvalue weighted by Gasteiger charge is -2.55. The zero-order valence-corrected chi connectivity index (χ0v) is 23.8. The Bertz CT molecular complexity index is 993. The van der Waals surface area contributed by atoms with Gasteiger partial charge in [-0.2, -0.15) is 5.26 Å². The summed E-state index contributed by atoms with van der Waals surface area (Å²) in [5.41, 5.74) is 4.77. The van der Waals surface area contributed by atoms with E-state index in [1.807, 2.05) is 18.2 Å². The summed E-state index contributed by atoms with van der Waals surface area (Å²) in [5.74, 6) is 3.63. The van der Waals surface area contributed by atoms with Crippen molar-refractivity contribution in [2.45, 2.75) is 117 Å². The van der Waals surface area contributed by atoms with E-state index in [2.05, 4.69) is 51.3 Å². The number of aliphatic imine (C=N–C) groups is 1. The van der Waals surface area contributed by atoms with E-state index in [0.29, 0.717) is 23.8 Å². The van der Waals surface area contributed by atoms with Crippen molar-refractivity contribution >= 4 is 11.8 Å². The van der Waals surface area contributed by atoms with Crippen LogP contribution in [0.4, 0.5) is 0 Å². The molecule has 6 unspecified atom stereocenters. The van der Waals surface area contributed by atoms with Crippen molar-refractivity contribution in [3.8, 4) is 6.07 Å². The standard InChI is InChI=1S/C35H50N2/c1-4-6-7-8-10-15-27(14-5-2)16-11-9-12-17-28-20-26(3)34-32(22-28)33-23-31(25-37-35(33)34)30-19-13-18-29(21-30)24-36/h13,18-21,23,25-27,32-35H,4-12,14-17,22H2,1-3H3. The van der Waals surface area contributed by atoms with Gasteiger partial charge in [-0.1, -0.05) is 121 Å². The Morgan fingerprint density at radius 2 is 1.73 bits per heavy atom. The van der Waals surface area contributed by atoms with Crippen molar-refractivity contribution in [3.05, 3.63) is 53.1 Å². The molecule has 3 aliphatic rings. The molecule has 1 aromatic carbocycles. The first kappa shape index (κ1) is 27.9. The zero-order valence-electron chi connectivity index (χ0n) is 23.8. The fourth-order valence-electron chi connectivity index (χ4n) is 7.50. The van der Waals surface area contributed by atoms with Gasteiger partial charge in [0.15, 0.2) is 0 Å². The molecule has 2 nitrogen and oxygen atoms in total. The summed E-state index contributed by atoms with van der Waals surface area (Å²) >= 11 is 0. The molecule has 0 saturated heterocycles. The minimum atomic E-state index is 0.457. The normalized spacial score (nSPS) is 26.8. The van der Waals surface area contributed by atoms with Crippen molar-refractivity contribution in [2.24, 2.45) is 34.6 Å². The van der Waals surface area contributed by atoms with E-state index in [9.17, 15) is 5.26 Å². The van der Waals surface area contributed by atoms with Crippen LogP contribution < -0.4 is 0 Å². The third-order valence-corrected chi connectivity index (χ3v) is 9.49. The lowest BCUT2D eigenvalue weighted by molar-refractivity contribution is 0.0329. The lowest BCUT2D eigenvalue weighted by Crippen LogP contribution is -2.54. The van der Waals surface area contributed by atoms with E-state index < -0.39 is 0 Å². The number of rotatable bonds is 15. The smallest absolute Gasteiger partial charge is 0.0991 e. The lowest BCUT2D eigenvalue weighted by atomic mass is 9.51. The number of fused-ring (bicyclic) bond motifs is 4. The molecule has 0 amide bonds. The summed E-state index contributed by atoms with van der Waals surface area (Å²) in [6, 6.07) is 10.7. The number of benzene rings is 1. The van der Waals surface area contributed by atoms with Gasteiger partial charge in [0.05, 0.1) is 17.7 Å². The Balaban J connectivity index is 1.22. The number of nitrogens with zero attached hydrogens (tertiary/aromatic N) is 2. The number of allylic oxidation sites excluding steroid dienone is 3. The highest BCUT2D eigenvalue weighted by molar-refractivity contribution is 6.10. The van der Waals surface area contributed by atoms with Gasteiger partial charge in [0, 0.05) is 12.1 Å². The molecule has 37 heavy (non-hydrogen) atoms. The summed E-state index contributed by atoms with van der Waals surface area (Å²) in [7, 11) is 0. The molecule has 2 heteroatoms. The van der Waals surface area contributed by atoms with Crippen molar-refractivity contribution in [1.82, 2.24) is 0 Å². The van der Waals surface area contributed by atoms with Crippen LogP contribution in [0.5, 0.6) is 0 Å². The molecule has 2 aliphatic carbocycles. The number of nitriles is 1. The molecule has 0 spiro atoms. The van der Waals surface area contributed by atoms with E-state index in [1.165, 1.54) is 95.5 Å². The van der Waals surface area contributed by atoms with Gasteiger partial charge >= 0.3 is 0 Å². The van der Waals surface area contributed by atoms with Gasteiger partial charge in [0.1, 0.15) is 0 Å². The average molecular weight is 499 g/mol. The Labute approximate surface area is 227 Å². The van der Waals surface area contributed by atoms with Gasteiger partial charge in [-0.15, -0.1) is 0 Å². The van der Waals surface area contributed by atoms with Crippen LogP contribution in [0.1, 0.15) is 122 Å². The fourth-order valence-corrected chi connectivity index (χ4v) is 7.50. The molecule has 0 radical (unpaired) electrons. The van der Waals surface area contributed by atoms with Gasteiger partial charge in [-0.3, -0.25) is 4.99 Å². The predicted molar refractivity (Wildman–Crippen MR) is 159 cm³/mol. The first-order chi connectivity index (χ1) is 18.1. The maximum Gasteiger partial charge on any atom is 0.0991 e. The van der Waals surface area contributed by atoms with Crippen molar-refractivity contribution < 1.29 is 0 Å². The van der Waals surface area contributed by atoms with Gasteiger partial charge in [0.2, 0.25) is 0 Å². The minimum Gasteiger partial charge on any atom is -0.288 e. The van der Waals surface area contributed by atoms with Crippen LogP contribution in [0.2, 0.25) is 0 Å². The molecule has 0 N–H and O–H groups in total. The Morgan fingerprint density at radius 3 is 2.49 bits per heavy atom. The molecular formula is C35H50N2. The second-order valence-corrected chi connectivity index (χ2v) is 12.2. The number of hydrogen-bond donors (Lipinski definition) is 0. The molecule has 0 bridgehead atoms. The number of dihydropyridines is 1. The SMILES string of the molecule is CCCCCCCC(CCC)CCCCCC1=CC(C)C2C(C1)C1C=C(c3cccc(C#N)c3)C=NC12. The van der Waals surface area contributed by atoms with E-state index >= 15 is 0 Å². The third kappa shape index (κ3) is 7.25. The van der Waals surface area contributed by atoms with Crippen LogP contribution in [0.3, 0.4) is 0 Å². The van der Waals surface area contributed by atoms with Gasteiger partial charge < -0.3 is 0 Å². The van der Waals surface area contributed by atoms with E-state index in [1.54, 1.807) is 5.57 Å². The fraction of sp³-hybridized carbons (Fsp3) is 0.657. The summed E-state index contributed by atoms with van der Waals surface area (Å²) < 4.78 is 0. The maximum atomic E-state index is 9.28. The highest BCUT2D eigenvalue weighted by Crippen LogP contribution is 2.55. The maximum absolute atomic E-state index is 9.28. The van der Waals surface area contributed by atoms with Crippen molar-refractivity contribution in [1.29, 1.82) is 5.26 Å². The molecular weight excluding hydrogens is 448 g/mol. The van der Waals surface area contributed by atoms with Crippen molar-refractivity contribution in [3.63, 3.8) is 0 Å². The molecule has 1 fully saturated rings. The largest absolute Gasteiger partial charge is 0.288 e. The van der Waals surface area contributed by atoms with Crippen LogP contribution in [0.15, 0.2) is 47.0 Å². The van der Waals surface area contributed by atoms with Crippen LogP contribution in [0, 0.1) is 40.9 Å². The zero-order chi connectivity index (χ0) is 26.0. The average Bonchev–Trinajstić information content (AvgIpc) is 2.91. The predicted octanol–water partition coefficient (Wildman–Crippen LogP) is 9.95. The highest BCUT2D eigenvalue weighted by atomic mass is 14.9. The molecule has 1 aliphatic heterocycles. The van der Waals surface area contributed by atoms with E-state index in [4.69, 9.17) is 4.99 Å². The van der Waals surface area contributed by atoms with Crippen LogP contribution in [0.25, 0.3) is 5.57 Å². The Morgan fingerprint density at radius 1 is 0.946 bits per heavy atom. The summed E-state index contributed by atoms with van der Waals surface area (Å²) in [5, 5.41) is 9.28. The molecule has 200 valence electrons. The molecule has 1 saturated carbocycles. The first-order valence-corrected chi connectivity index (χ1v) is 15.6. The topological polar surface area (TPSA) is 36.1 Å². The summed E-state index contributed by atoms with van der Waals surface area (Å²) in [4.78, 5) is 5.02. The minimum absolute atomic E-state index is 0.457. The van der Waals surface area contributed by atoms with E-state index in [0.717, 1.165) is 23.0 Å². The molecule has 4 rings (SSSR count). The second kappa shape index (κ2) is 14.1. The molecule has 0 aromatic heterocycles. The monoisotopic (exact) mass is 498 g/mol. The van der Waals surface area contributed by atoms with Crippen LogP contribution in [-0.4, -0.2) is 12.3 Å². The van der Waals surface area contributed by atoms with Gasteiger partial charge in [-0.05, 0) is 66.2 Å². The van der Waals surface area contributed by atoms with Gasteiger partial charge in [0.25, 0.3) is 0 Å². The number of hydrogen-bond acceptors (Lipinski definition) is 2. The van der Waals surface area contributed by atoms with Crippen molar-refractivity contribution in [2.75, 3.05) is 0 Å². The molecule has 1 aromatic rings. The number of unbranched alkanes of at least 4 members (excludes halogenated alkanes) is 6. The first-order valence-electron chi connectivity index (χ1n) is 15.6. The van der Waals surface area contributed by atoms with Crippen LogP contribution in [-0.2, 0) is 0 Å².